The van der Waals surface area contributed by atoms with Crippen molar-refractivity contribution in [3.63, 3.8) is 0 Å². The van der Waals surface area contributed by atoms with Crippen molar-refractivity contribution in [3.05, 3.63) is 18.5 Å². The standard InChI is InChI=1S/C12H20N4O2S/c1-11(2)10(12(11,3)4)16-19(17,18)9-7-14-6-5-8(9)15-13/h5-7,10,16H,13H2,1-4H3,(H,14,15). The molecular weight excluding hydrogens is 264 g/mol. The first-order chi connectivity index (χ1) is 8.64. The lowest BCUT2D eigenvalue weighted by molar-refractivity contribution is 0.457. The summed E-state index contributed by atoms with van der Waals surface area (Å²) < 4.78 is 27.5. The van der Waals surface area contributed by atoms with Gasteiger partial charge in [-0.1, -0.05) is 27.7 Å². The van der Waals surface area contributed by atoms with Gasteiger partial charge in [0.15, 0.2) is 0 Å². The maximum atomic E-state index is 12.4. The van der Waals surface area contributed by atoms with Gasteiger partial charge in [0.05, 0.1) is 5.69 Å². The molecule has 0 aliphatic heterocycles. The molecule has 0 aromatic carbocycles. The largest absolute Gasteiger partial charge is 0.323 e. The fraction of sp³-hybridized carbons (Fsp3) is 0.583. The number of hydrazine groups is 1. The van der Waals surface area contributed by atoms with Crippen molar-refractivity contribution in [3.8, 4) is 0 Å². The van der Waals surface area contributed by atoms with E-state index >= 15 is 0 Å². The molecule has 0 unspecified atom stereocenters. The van der Waals surface area contributed by atoms with Crippen LogP contribution in [0, 0.1) is 10.8 Å². The minimum atomic E-state index is -3.64. The van der Waals surface area contributed by atoms with Gasteiger partial charge in [0, 0.05) is 18.4 Å². The Kier molecular flexibility index (Phi) is 3.11. The predicted octanol–water partition coefficient (Wildman–Crippen LogP) is 1.08. The lowest BCUT2D eigenvalue weighted by Crippen LogP contribution is -2.31. The molecule has 0 spiro atoms. The summed E-state index contributed by atoms with van der Waals surface area (Å²) >= 11 is 0. The number of anilines is 1. The summed E-state index contributed by atoms with van der Waals surface area (Å²) in [5.41, 5.74) is 2.57. The first kappa shape index (κ1) is 14.2. The van der Waals surface area contributed by atoms with E-state index < -0.39 is 10.0 Å². The molecule has 7 heteroatoms. The zero-order chi connectivity index (χ0) is 14.5. The third-order valence-electron chi connectivity index (χ3n) is 4.52. The van der Waals surface area contributed by atoms with E-state index in [4.69, 9.17) is 5.84 Å². The van der Waals surface area contributed by atoms with E-state index in [1.807, 2.05) is 27.7 Å². The van der Waals surface area contributed by atoms with Crippen LogP contribution in [0.1, 0.15) is 27.7 Å². The van der Waals surface area contributed by atoms with Gasteiger partial charge in [-0.3, -0.25) is 10.8 Å². The average Bonchev–Trinajstić information content (AvgIpc) is 2.71. The maximum absolute atomic E-state index is 12.4. The van der Waals surface area contributed by atoms with Crippen LogP contribution in [0.4, 0.5) is 5.69 Å². The number of nitrogens with one attached hydrogen (secondary N) is 2. The Labute approximate surface area is 113 Å². The lowest BCUT2D eigenvalue weighted by Gasteiger charge is -2.11. The topological polar surface area (TPSA) is 97.1 Å². The van der Waals surface area contributed by atoms with E-state index in [1.165, 1.54) is 18.5 Å². The third-order valence-corrected chi connectivity index (χ3v) is 5.97. The molecule has 1 saturated carbocycles. The number of nitrogens with zero attached hydrogens (tertiary/aromatic N) is 1. The highest BCUT2D eigenvalue weighted by Crippen LogP contribution is 2.63. The van der Waals surface area contributed by atoms with Gasteiger partial charge in [0.25, 0.3) is 0 Å². The second kappa shape index (κ2) is 4.16. The smallest absolute Gasteiger partial charge is 0.244 e. The molecule has 1 heterocycles. The van der Waals surface area contributed by atoms with Crippen molar-refractivity contribution in [1.29, 1.82) is 0 Å². The van der Waals surface area contributed by atoms with Gasteiger partial charge < -0.3 is 5.43 Å². The molecule has 0 atom stereocenters. The van der Waals surface area contributed by atoms with Gasteiger partial charge >= 0.3 is 0 Å². The first-order valence-corrected chi connectivity index (χ1v) is 7.56. The second-order valence-electron chi connectivity index (χ2n) is 6.01. The number of nitrogens with two attached hydrogens (primary N) is 1. The van der Waals surface area contributed by atoms with E-state index in [2.05, 4.69) is 15.1 Å². The van der Waals surface area contributed by atoms with E-state index in [1.54, 1.807) is 0 Å². The quantitative estimate of drug-likeness (QED) is 0.568. The Morgan fingerprint density at radius 1 is 1.26 bits per heavy atom. The lowest BCUT2D eigenvalue weighted by atomic mass is 10.0. The monoisotopic (exact) mass is 284 g/mol. The molecule has 1 aromatic heterocycles. The Morgan fingerprint density at radius 3 is 2.32 bits per heavy atom. The molecule has 2 rings (SSSR count). The summed E-state index contributed by atoms with van der Waals surface area (Å²) in [5, 5.41) is 0. The molecule has 1 aromatic rings. The van der Waals surface area contributed by atoms with Gasteiger partial charge in [0.2, 0.25) is 10.0 Å². The van der Waals surface area contributed by atoms with Gasteiger partial charge in [-0.05, 0) is 16.9 Å². The van der Waals surface area contributed by atoms with Crippen LogP contribution < -0.4 is 16.0 Å². The summed E-state index contributed by atoms with van der Waals surface area (Å²) in [6, 6.07) is 1.42. The predicted molar refractivity (Wildman–Crippen MR) is 73.7 cm³/mol. The zero-order valence-electron chi connectivity index (χ0n) is 11.6. The van der Waals surface area contributed by atoms with Crippen molar-refractivity contribution in [2.75, 3.05) is 5.43 Å². The average molecular weight is 284 g/mol. The minimum absolute atomic E-state index is 0.0657. The maximum Gasteiger partial charge on any atom is 0.244 e. The number of hydrogen-bond donors (Lipinski definition) is 3. The molecule has 1 fully saturated rings. The Hall–Kier alpha value is -1.18. The Morgan fingerprint density at radius 2 is 1.84 bits per heavy atom. The summed E-state index contributed by atoms with van der Waals surface area (Å²) in [7, 11) is -3.64. The molecule has 106 valence electrons. The van der Waals surface area contributed by atoms with Crippen LogP contribution in [0.3, 0.4) is 0 Å². The molecule has 0 amide bonds. The molecule has 19 heavy (non-hydrogen) atoms. The van der Waals surface area contributed by atoms with E-state index in [9.17, 15) is 8.42 Å². The molecule has 0 radical (unpaired) electrons. The summed E-state index contributed by atoms with van der Waals surface area (Å²) in [6.07, 6.45) is 2.78. The van der Waals surface area contributed by atoms with Crippen LogP contribution in [0.25, 0.3) is 0 Å². The van der Waals surface area contributed by atoms with Crippen LogP contribution in [-0.2, 0) is 10.0 Å². The van der Waals surface area contributed by atoms with Crippen molar-refractivity contribution >= 4 is 15.7 Å². The van der Waals surface area contributed by atoms with Crippen LogP contribution >= 0.6 is 0 Å². The summed E-state index contributed by atoms with van der Waals surface area (Å²) in [6.45, 7) is 8.19. The van der Waals surface area contributed by atoms with Crippen LogP contribution in [0.2, 0.25) is 0 Å². The van der Waals surface area contributed by atoms with Crippen LogP contribution in [0.15, 0.2) is 23.4 Å². The number of rotatable bonds is 4. The van der Waals surface area contributed by atoms with Crippen LogP contribution in [0.5, 0.6) is 0 Å². The molecule has 0 bridgehead atoms. The van der Waals surface area contributed by atoms with E-state index in [0.29, 0.717) is 5.69 Å². The molecular formula is C12H20N4O2S. The number of nitrogen functional groups attached to an aromatic ring is 1. The fourth-order valence-corrected chi connectivity index (χ4v) is 4.07. The normalized spacial score (nSPS) is 21.1. The van der Waals surface area contributed by atoms with E-state index in [-0.39, 0.29) is 21.8 Å². The Bertz CT molecular complexity index is 582. The summed E-state index contributed by atoms with van der Waals surface area (Å²) in [5.74, 6) is 5.33. The second-order valence-corrected chi connectivity index (χ2v) is 7.70. The van der Waals surface area contributed by atoms with Crippen LogP contribution in [-0.4, -0.2) is 19.4 Å². The molecule has 4 N–H and O–H groups in total. The number of pyridine rings is 1. The van der Waals surface area contributed by atoms with E-state index in [0.717, 1.165) is 0 Å². The summed E-state index contributed by atoms with van der Waals surface area (Å²) in [4.78, 5) is 3.91. The van der Waals surface area contributed by atoms with Gasteiger partial charge in [0.1, 0.15) is 4.90 Å². The van der Waals surface area contributed by atoms with Gasteiger partial charge in [-0.25, -0.2) is 13.1 Å². The van der Waals surface area contributed by atoms with Crippen molar-refractivity contribution in [2.45, 2.75) is 38.6 Å². The highest BCUT2D eigenvalue weighted by Gasteiger charge is 2.66. The zero-order valence-corrected chi connectivity index (χ0v) is 12.4. The molecule has 1 aliphatic carbocycles. The number of hydrogen-bond acceptors (Lipinski definition) is 5. The SMILES string of the molecule is CC1(C)C(NS(=O)(=O)c2cnccc2NN)C1(C)C. The molecule has 1 aliphatic rings. The number of aromatic nitrogens is 1. The van der Waals surface area contributed by atoms with Crippen molar-refractivity contribution in [2.24, 2.45) is 16.7 Å². The van der Waals surface area contributed by atoms with Gasteiger partial charge in [-0.2, -0.15) is 0 Å². The fourth-order valence-electron chi connectivity index (χ4n) is 2.42. The number of sulfonamides is 1. The van der Waals surface area contributed by atoms with Crippen molar-refractivity contribution < 1.29 is 8.42 Å². The third kappa shape index (κ3) is 2.11. The highest BCUT2D eigenvalue weighted by molar-refractivity contribution is 7.89. The highest BCUT2D eigenvalue weighted by atomic mass is 32.2. The first-order valence-electron chi connectivity index (χ1n) is 6.07. The Balaban J connectivity index is 2.31. The van der Waals surface area contributed by atoms with Crippen molar-refractivity contribution in [1.82, 2.24) is 9.71 Å². The van der Waals surface area contributed by atoms with Gasteiger partial charge in [-0.15, -0.1) is 0 Å². The minimum Gasteiger partial charge on any atom is -0.323 e. The molecule has 0 saturated heterocycles. The molecule has 6 nitrogen and oxygen atoms in total.